The van der Waals surface area contributed by atoms with E-state index in [1.54, 1.807) is 6.92 Å². The first-order valence-corrected chi connectivity index (χ1v) is 11.2. The molecule has 0 spiro atoms. The van der Waals surface area contributed by atoms with Crippen molar-refractivity contribution < 1.29 is 40.6 Å². The molecule has 12 heteroatoms. The number of carboxylic acid groups (broad SMARTS) is 1. The summed E-state index contributed by atoms with van der Waals surface area (Å²) in [7, 11) is -4.36. The van der Waals surface area contributed by atoms with Crippen LogP contribution in [0.1, 0.15) is 25.8 Å². The molecule has 0 amide bonds. The van der Waals surface area contributed by atoms with Crippen LogP contribution < -0.4 is 14.8 Å². The van der Waals surface area contributed by atoms with E-state index in [0.29, 0.717) is 6.07 Å². The zero-order chi connectivity index (χ0) is 26.3. The highest BCUT2D eigenvalue weighted by molar-refractivity contribution is 7.92. The van der Waals surface area contributed by atoms with Crippen molar-refractivity contribution in [3.8, 4) is 18.6 Å². The van der Waals surface area contributed by atoms with Gasteiger partial charge in [0.1, 0.15) is 18.2 Å². The number of carboxylic acids is 1. The van der Waals surface area contributed by atoms with Crippen LogP contribution in [0, 0.1) is 24.6 Å². The van der Waals surface area contributed by atoms with E-state index >= 15 is 0 Å². The van der Waals surface area contributed by atoms with Gasteiger partial charge in [-0.25, -0.2) is 12.8 Å². The molecular formula is C22H24F4N2O5S. The number of anilines is 2. The maximum absolute atomic E-state index is 13.4. The van der Waals surface area contributed by atoms with E-state index in [1.165, 1.54) is 18.2 Å². The zero-order valence-electron chi connectivity index (χ0n) is 18.3. The second kappa shape index (κ2) is 11.6. The number of nitrogens with two attached hydrogens (primary N) is 1. The smallest absolute Gasteiger partial charge is 0.419 e. The number of sulfonamides is 1. The van der Waals surface area contributed by atoms with Crippen molar-refractivity contribution >= 4 is 27.4 Å². The summed E-state index contributed by atoms with van der Waals surface area (Å²) in [6, 6.07) is 5.89. The molecule has 0 bridgehead atoms. The van der Waals surface area contributed by atoms with E-state index in [1.807, 2.05) is 6.92 Å². The second-order valence-electron chi connectivity index (χ2n) is 6.94. The number of nitrogen functional groups attached to an aromatic ring is 1. The molecule has 1 aliphatic heterocycles. The summed E-state index contributed by atoms with van der Waals surface area (Å²) < 4.78 is 83.8. The largest absolute Gasteiger partial charge is 0.489 e. The summed E-state index contributed by atoms with van der Waals surface area (Å²) >= 11 is 0. The van der Waals surface area contributed by atoms with Crippen LogP contribution in [0.15, 0.2) is 41.3 Å². The third kappa shape index (κ3) is 6.77. The van der Waals surface area contributed by atoms with Gasteiger partial charge in [0.15, 0.2) is 0 Å². The number of aliphatic carboxylic acids is 1. The van der Waals surface area contributed by atoms with E-state index in [-0.39, 0.29) is 42.3 Å². The van der Waals surface area contributed by atoms with Gasteiger partial charge in [0.05, 0.1) is 28.6 Å². The summed E-state index contributed by atoms with van der Waals surface area (Å²) in [6.45, 7) is 3.46. The number of fused-ring (bicyclic) bond motifs is 1. The normalized spacial score (nSPS) is 13.7. The minimum Gasteiger partial charge on any atom is -0.489 e. The standard InChI is InChI=1S/C15H12F4N2O3S.C5H10O2.C2H2/c16-12-3-2-10(8-11(12)15(17,18)19)25(22,23)21-5-6-24-14-4-1-9(20)7-13(14)21;1-3-4(2)5(6)7;1-2/h1-4,7-8H,5-6,20H2;4H,3H2,1-2H3,(H,6,7);1-2H/t;4-;/m.0./s1. The number of ether oxygens (including phenoxy) is 1. The fraction of sp³-hybridized carbons (Fsp3) is 0.318. The molecule has 0 radical (unpaired) electrons. The van der Waals surface area contributed by atoms with Crippen molar-refractivity contribution in [2.45, 2.75) is 31.3 Å². The molecule has 0 aromatic heterocycles. The molecule has 0 unspecified atom stereocenters. The van der Waals surface area contributed by atoms with Crippen molar-refractivity contribution in [2.75, 3.05) is 23.2 Å². The minimum absolute atomic E-state index is 0.0173. The van der Waals surface area contributed by atoms with Gasteiger partial charge >= 0.3 is 12.1 Å². The topological polar surface area (TPSA) is 110 Å². The van der Waals surface area contributed by atoms with Gasteiger partial charge in [0.25, 0.3) is 10.0 Å². The van der Waals surface area contributed by atoms with E-state index in [0.717, 1.165) is 16.8 Å². The predicted octanol–water partition coefficient (Wildman–Crippen LogP) is 4.38. The lowest BCUT2D eigenvalue weighted by Gasteiger charge is -2.30. The zero-order valence-corrected chi connectivity index (χ0v) is 19.2. The van der Waals surface area contributed by atoms with Crippen LogP contribution >= 0.6 is 0 Å². The van der Waals surface area contributed by atoms with Gasteiger partial charge in [-0.05, 0) is 42.8 Å². The van der Waals surface area contributed by atoms with Crippen molar-refractivity contribution in [3.05, 3.63) is 47.8 Å². The Hall–Kier alpha value is -3.46. The van der Waals surface area contributed by atoms with Crippen LogP contribution in [0.4, 0.5) is 28.9 Å². The van der Waals surface area contributed by atoms with Gasteiger partial charge < -0.3 is 15.6 Å². The average Bonchev–Trinajstić information content (AvgIpc) is 2.79. The molecule has 3 rings (SSSR count). The molecule has 0 saturated heterocycles. The maximum atomic E-state index is 13.4. The molecule has 1 atom stereocenters. The number of terminal acetylenes is 1. The highest BCUT2D eigenvalue weighted by Gasteiger charge is 2.37. The molecule has 1 aliphatic rings. The summed E-state index contributed by atoms with van der Waals surface area (Å²) in [6.07, 6.45) is 3.71. The van der Waals surface area contributed by atoms with E-state index in [9.17, 15) is 30.8 Å². The van der Waals surface area contributed by atoms with Crippen molar-refractivity contribution in [1.29, 1.82) is 0 Å². The summed E-state index contributed by atoms with van der Waals surface area (Å²) in [4.78, 5) is 9.26. The predicted molar refractivity (Wildman–Crippen MR) is 119 cm³/mol. The number of rotatable bonds is 4. The minimum atomic E-state index is -5.01. The third-order valence-corrected chi connectivity index (χ3v) is 6.48. The monoisotopic (exact) mass is 504 g/mol. The first kappa shape index (κ1) is 28.6. The van der Waals surface area contributed by atoms with Gasteiger partial charge in [0.2, 0.25) is 0 Å². The van der Waals surface area contributed by atoms with E-state index in [4.69, 9.17) is 15.6 Å². The Morgan fingerprint density at radius 3 is 2.35 bits per heavy atom. The lowest BCUT2D eigenvalue weighted by atomic mass is 10.1. The Labute approximate surface area is 195 Å². The van der Waals surface area contributed by atoms with Gasteiger partial charge in [-0.15, -0.1) is 12.8 Å². The maximum Gasteiger partial charge on any atom is 0.419 e. The van der Waals surface area contributed by atoms with Gasteiger partial charge in [0, 0.05) is 5.69 Å². The van der Waals surface area contributed by atoms with E-state index < -0.39 is 38.4 Å². The lowest BCUT2D eigenvalue weighted by Crippen LogP contribution is -2.38. The molecule has 2 aromatic carbocycles. The Balaban J connectivity index is 0.000000553. The molecule has 7 nitrogen and oxygen atoms in total. The molecule has 34 heavy (non-hydrogen) atoms. The summed E-state index contributed by atoms with van der Waals surface area (Å²) in [5.74, 6) is -2.19. The third-order valence-electron chi connectivity index (χ3n) is 4.67. The van der Waals surface area contributed by atoms with Crippen molar-refractivity contribution in [1.82, 2.24) is 0 Å². The van der Waals surface area contributed by atoms with Crippen LogP contribution in [-0.2, 0) is 21.0 Å². The van der Waals surface area contributed by atoms with Crippen LogP contribution in [-0.4, -0.2) is 32.6 Å². The highest BCUT2D eigenvalue weighted by atomic mass is 32.2. The molecule has 0 aliphatic carbocycles. The molecule has 0 saturated carbocycles. The fourth-order valence-electron chi connectivity index (χ4n) is 2.64. The summed E-state index contributed by atoms with van der Waals surface area (Å²) in [5.41, 5.74) is 4.39. The first-order chi connectivity index (χ1) is 15.8. The molecular weight excluding hydrogens is 480 g/mol. The molecule has 2 aromatic rings. The number of alkyl halides is 3. The van der Waals surface area contributed by atoms with Crippen molar-refractivity contribution in [3.63, 3.8) is 0 Å². The number of halogens is 4. The Morgan fingerprint density at radius 1 is 1.24 bits per heavy atom. The Bertz CT molecular complexity index is 1130. The molecule has 1 heterocycles. The van der Waals surface area contributed by atoms with E-state index in [2.05, 4.69) is 12.8 Å². The fourth-order valence-corrected chi connectivity index (χ4v) is 4.12. The van der Waals surface area contributed by atoms with Crippen molar-refractivity contribution in [2.24, 2.45) is 5.92 Å². The quantitative estimate of drug-likeness (QED) is 0.363. The first-order valence-electron chi connectivity index (χ1n) is 9.77. The molecule has 186 valence electrons. The number of benzene rings is 2. The van der Waals surface area contributed by atoms with Gasteiger partial charge in [-0.2, -0.15) is 13.2 Å². The molecule has 0 fully saturated rings. The number of hydrogen-bond donors (Lipinski definition) is 2. The number of nitrogens with zero attached hydrogens (tertiary/aromatic N) is 1. The molecule has 3 N–H and O–H groups in total. The number of hydrogen-bond acceptors (Lipinski definition) is 5. The second-order valence-corrected chi connectivity index (χ2v) is 8.80. The van der Waals surface area contributed by atoms with Gasteiger partial charge in [-0.3, -0.25) is 9.10 Å². The van der Waals surface area contributed by atoms with Crippen LogP contribution in [0.2, 0.25) is 0 Å². The Kier molecular flexibility index (Phi) is 9.75. The highest BCUT2D eigenvalue weighted by Crippen LogP contribution is 2.38. The SMILES string of the molecule is C#C.CC[C@H](C)C(=O)O.Nc1ccc2c(c1)N(S(=O)(=O)c1ccc(F)c(C(F)(F)F)c1)CCO2. The summed E-state index contributed by atoms with van der Waals surface area (Å²) in [5, 5.41) is 8.18. The lowest BCUT2D eigenvalue weighted by molar-refractivity contribution is -0.141. The Morgan fingerprint density at radius 2 is 1.85 bits per heavy atom. The van der Waals surface area contributed by atoms with Crippen LogP contribution in [0.5, 0.6) is 5.75 Å². The average molecular weight is 505 g/mol. The van der Waals surface area contributed by atoms with Crippen LogP contribution in [0.3, 0.4) is 0 Å². The number of carbonyl (C=O) groups is 1. The van der Waals surface area contributed by atoms with Gasteiger partial charge in [-0.1, -0.05) is 13.8 Å². The van der Waals surface area contributed by atoms with Crippen LogP contribution in [0.25, 0.3) is 0 Å².